The summed E-state index contributed by atoms with van der Waals surface area (Å²) in [5.74, 6) is -0.222. The molecule has 6 heteroatoms. The first-order valence-electron chi connectivity index (χ1n) is 6.73. The first-order valence-corrected chi connectivity index (χ1v) is 6.73. The van der Waals surface area contributed by atoms with Gasteiger partial charge in [-0.25, -0.2) is 0 Å². The largest absolute Gasteiger partial charge is 0.493 e. The number of carbonyl (C=O) groups is 1. The van der Waals surface area contributed by atoms with Gasteiger partial charge in [-0.2, -0.15) is 8.78 Å². The molecular formula is C15H21F2NO3. The van der Waals surface area contributed by atoms with Crippen LogP contribution in [0, 0.1) is 0 Å². The van der Waals surface area contributed by atoms with Crippen molar-refractivity contribution in [1.29, 1.82) is 0 Å². The molecule has 0 saturated heterocycles. The van der Waals surface area contributed by atoms with E-state index in [9.17, 15) is 13.6 Å². The highest BCUT2D eigenvalue weighted by molar-refractivity contribution is 5.95. The van der Waals surface area contributed by atoms with Crippen LogP contribution in [-0.4, -0.2) is 36.6 Å². The molecule has 0 saturated carbocycles. The van der Waals surface area contributed by atoms with Crippen molar-refractivity contribution in [3.05, 3.63) is 23.8 Å². The molecule has 1 rings (SSSR count). The average molecular weight is 301 g/mol. The molecule has 1 amide bonds. The maximum Gasteiger partial charge on any atom is 0.387 e. The molecule has 0 fully saturated rings. The van der Waals surface area contributed by atoms with Gasteiger partial charge in [-0.05, 0) is 45.9 Å². The van der Waals surface area contributed by atoms with Crippen LogP contribution in [-0.2, 0) is 0 Å². The minimum absolute atomic E-state index is 0.000862. The van der Waals surface area contributed by atoms with E-state index in [1.54, 1.807) is 4.90 Å². The third kappa shape index (κ3) is 4.31. The number of ether oxygens (including phenoxy) is 2. The summed E-state index contributed by atoms with van der Waals surface area (Å²) < 4.78 is 34.2. The summed E-state index contributed by atoms with van der Waals surface area (Å²) in [7, 11) is 1.35. The molecule has 0 heterocycles. The average Bonchev–Trinajstić information content (AvgIpc) is 2.36. The topological polar surface area (TPSA) is 38.8 Å². The molecule has 21 heavy (non-hydrogen) atoms. The van der Waals surface area contributed by atoms with Gasteiger partial charge in [0.15, 0.2) is 11.5 Å². The van der Waals surface area contributed by atoms with Crippen molar-refractivity contribution < 1.29 is 23.0 Å². The molecule has 0 N–H and O–H groups in total. The summed E-state index contributed by atoms with van der Waals surface area (Å²) in [6.45, 7) is 4.63. The Morgan fingerprint density at radius 3 is 2.10 bits per heavy atom. The highest BCUT2D eigenvalue weighted by atomic mass is 19.3. The van der Waals surface area contributed by atoms with Crippen molar-refractivity contribution in [2.45, 2.75) is 46.4 Å². The normalized spacial score (nSPS) is 11.1. The monoisotopic (exact) mass is 301 g/mol. The lowest BCUT2D eigenvalue weighted by Gasteiger charge is -2.31. The van der Waals surface area contributed by atoms with E-state index in [1.165, 1.54) is 25.3 Å². The third-order valence-electron chi connectivity index (χ3n) is 2.97. The number of alkyl halides is 2. The lowest BCUT2D eigenvalue weighted by Crippen LogP contribution is -2.42. The second-order valence-electron chi connectivity index (χ2n) is 5.14. The van der Waals surface area contributed by atoms with Crippen molar-refractivity contribution in [3.8, 4) is 11.5 Å². The first kappa shape index (κ1) is 17.2. The van der Waals surface area contributed by atoms with Gasteiger partial charge in [0.1, 0.15) is 0 Å². The Kier molecular flexibility index (Phi) is 5.93. The van der Waals surface area contributed by atoms with Crippen LogP contribution in [0.4, 0.5) is 8.78 Å². The number of hydrogen-bond acceptors (Lipinski definition) is 3. The quantitative estimate of drug-likeness (QED) is 0.806. The van der Waals surface area contributed by atoms with Gasteiger partial charge in [-0.15, -0.1) is 0 Å². The second-order valence-corrected chi connectivity index (χ2v) is 5.14. The minimum Gasteiger partial charge on any atom is -0.493 e. The van der Waals surface area contributed by atoms with Crippen molar-refractivity contribution in [2.24, 2.45) is 0 Å². The van der Waals surface area contributed by atoms with E-state index in [2.05, 4.69) is 4.74 Å². The maximum atomic E-state index is 12.5. The van der Waals surface area contributed by atoms with Crippen molar-refractivity contribution >= 4 is 5.91 Å². The van der Waals surface area contributed by atoms with Gasteiger partial charge < -0.3 is 14.4 Å². The van der Waals surface area contributed by atoms with Gasteiger partial charge in [0.05, 0.1) is 7.11 Å². The first-order chi connectivity index (χ1) is 9.77. The molecule has 0 atom stereocenters. The van der Waals surface area contributed by atoms with E-state index in [4.69, 9.17) is 4.74 Å². The fraction of sp³-hybridized carbons (Fsp3) is 0.533. The van der Waals surface area contributed by atoms with Gasteiger partial charge in [0.25, 0.3) is 5.91 Å². The van der Waals surface area contributed by atoms with Crippen LogP contribution in [0.15, 0.2) is 18.2 Å². The molecule has 0 unspecified atom stereocenters. The van der Waals surface area contributed by atoms with E-state index in [0.717, 1.165) is 0 Å². The number of amides is 1. The van der Waals surface area contributed by atoms with Crippen LogP contribution < -0.4 is 9.47 Å². The van der Waals surface area contributed by atoms with Gasteiger partial charge in [0, 0.05) is 17.6 Å². The van der Waals surface area contributed by atoms with Gasteiger partial charge in [0.2, 0.25) is 0 Å². The SMILES string of the molecule is COc1ccc(C(=O)N(C(C)C)C(C)C)cc1OC(F)F. The van der Waals surface area contributed by atoms with Crippen LogP contribution in [0.25, 0.3) is 0 Å². The predicted molar refractivity (Wildman–Crippen MR) is 76.1 cm³/mol. The lowest BCUT2D eigenvalue weighted by molar-refractivity contribution is -0.0512. The summed E-state index contributed by atoms with van der Waals surface area (Å²) in [5.41, 5.74) is 0.286. The van der Waals surface area contributed by atoms with Crippen LogP contribution in [0.2, 0.25) is 0 Å². The van der Waals surface area contributed by atoms with Crippen LogP contribution >= 0.6 is 0 Å². The minimum atomic E-state index is -2.98. The summed E-state index contributed by atoms with van der Waals surface area (Å²) in [6.07, 6.45) is 0. The molecule has 1 aromatic carbocycles. The van der Waals surface area contributed by atoms with E-state index >= 15 is 0 Å². The number of methoxy groups -OCH3 is 1. The van der Waals surface area contributed by atoms with E-state index < -0.39 is 6.61 Å². The molecule has 0 aliphatic carbocycles. The molecular weight excluding hydrogens is 280 g/mol. The predicted octanol–water partition coefficient (Wildman–Crippen LogP) is 3.56. The molecule has 0 bridgehead atoms. The molecule has 118 valence electrons. The highest BCUT2D eigenvalue weighted by Crippen LogP contribution is 2.30. The number of hydrogen-bond donors (Lipinski definition) is 0. The van der Waals surface area contributed by atoms with Gasteiger partial charge >= 0.3 is 6.61 Å². The number of halogens is 2. The Morgan fingerprint density at radius 1 is 1.10 bits per heavy atom. The molecule has 1 aromatic rings. The standard InChI is InChI=1S/C15H21F2NO3/c1-9(2)18(10(3)4)14(19)11-6-7-12(20-5)13(8-11)21-15(16)17/h6-10,15H,1-5H3. The zero-order valence-electron chi connectivity index (χ0n) is 12.9. The van der Waals surface area contributed by atoms with Crippen molar-refractivity contribution in [2.75, 3.05) is 7.11 Å². The van der Waals surface area contributed by atoms with Gasteiger partial charge in [-0.1, -0.05) is 0 Å². The van der Waals surface area contributed by atoms with Gasteiger partial charge in [-0.3, -0.25) is 4.79 Å². The number of carbonyl (C=O) groups excluding carboxylic acids is 1. The fourth-order valence-corrected chi connectivity index (χ4v) is 2.21. The Morgan fingerprint density at radius 2 is 1.67 bits per heavy atom. The Hall–Kier alpha value is -1.85. The summed E-state index contributed by atoms with van der Waals surface area (Å²) in [4.78, 5) is 14.2. The van der Waals surface area contributed by atoms with E-state index in [1.807, 2.05) is 27.7 Å². The second kappa shape index (κ2) is 7.24. The molecule has 4 nitrogen and oxygen atoms in total. The highest BCUT2D eigenvalue weighted by Gasteiger charge is 2.23. The molecule has 0 radical (unpaired) electrons. The third-order valence-corrected chi connectivity index (χ3v) is 2.97. The van der Waals surface area contributed by atoms with Crippen LogP contribution in [0.5, 0.6) is 11.5 Å². The van der Waals surface area contributed by atoms with Crippen LogP contribution in [0.1, 0.15) is 38.1 Å². The zero-order chi connectivity index (χ0) is 16.2. The summed E-state index contributed by atoms with van der Waals surface area (Å²) in [6, 6.07) is 4.27. The number of nitrogens with zero attached hydrogens (tertiary/aromatic N) is 1. The zero-order valence-corrected chi connectivity index (χ0v) is 12.9. The number of benzene rings is 1. The summed E-state index contributed by atoms with van der Waals surface area (Å²) >= 11 is 0. The Bertz CT molecular complexity index is 482. The molecule has 0 spiro atoms. The smallest absolute Gasteiger partial charge is 0.387 e. The summed E-state index contributed by atoms with van der Waals surface area (Å²) in [5, 5.41) is 0. The van der Waals surface area contributed by atoms with E-state index in [-0.39, 0.29) is 35.1 Å². The van der Waals surface area contributed by atoms with Crippen molar-refractivity contribution in [3.63, 3.8) is 0 Å². The maximum absolute atomic E-state index is 12.5. The van der Waals surface area contributed by atoms with Crippen LogP contribution in [0.3, 0.4) is 0 Å². The molecule has 0 aliphatic rings. The number of rotatable bonds is 6. The molecule has 0 aliphatic heterocycles. The Balaban J connectivity index is 3.15. The van der Waals surface area contributed by atoms with Crippen molar-refractivity contribution in [1.82, 2.24) is 4.90 Å². The molecule has 0 aromatic heterocycles. The van der Waals surface area contributed by atoms with E-state index in [0.29, 0.717) is 0 Å². The fourth-order valence-electron chi connectivity index (χ4n) is 2.21. The lowest BCUT2D eigenvalue weighted by atomic mass is 10.1. The Labute approximate surface area is 123 Å².